The van der Waals surface area contributed by atoms with Crippen molar-refractivity contribution in [1.29, 1.82) is 0 Å². The third kappa shape index (κ3) is 6.20. The molecule has 0 bridgehead atoms. The Morgan fingerprint density at radius 3 is 2.78 bits per heavy atom. The summed E-state index contributed by atoms with van der Waals surface area (Å²) in [4.78, 5) is 6.87. The quantitative estimate of drug-likeness (QED) is 0.480. The van der Waals surface area contributed by atoms with E-state index in [-0.39, 0.29) is 0 Å². The van der Waals surface area contributed by atoms with Crippen molar-refractivity contribution in [2.24, 2.45) is 10.7 Å². The Morgan fingerprint density at radius 1 is 1.35 bits per heavy atom. The van der Waals surface area contributed by atoms with E-state index >= 15 is 0 Å². The Labute approximate surface area is 139 Å². The zero-order valence-corrected chi connectivity index (χ0v) is 14.6. The molecule has 1 aromatic rings. The monoisotopic (exact) mass is 318 g/mol. The number of hydrogen-bond donors (Lipinski definition) is 2. The summed E-state index contributed by atoms with van der Waals surface area (Å²) in [6, 6.07) is 8.27. The van der Waals surface area contributed by atoms with Gasteiger partial charge in [0.25, 0.3) is 0 Å². The van der Waals surface area contributed by atoms with Gasteiger partial charge in [-0.3, -0.25) is 9.89 Å². The summed E-state index contributed by atoms with van der Waals surface area (Å²) >= 11 is 0. The Kier molecular flexibility index (Phi) is 6.86. The van der Waals surface area contributed by atoms with Crippen LogP contribution in [0.5, 0.6) is 0 Å². The van der Waals surface area contributed by atoms with Gasteiger partial charge < -0.3 is 15.8 Å². The van der Waals surface area contributed by atoms with Crippen molar-refractivity contribution in [3.8, 4) is 0 Å². The molecule has 0 spiro atoms. The summed E-state index contributed by atoms with van der Waals surface area (Å²) < 4.78 is 5.75. The van der Waals surface area contributed by atoms with Crippen molar-refractivity contribution in [2.45, 2.75) is 45.8 Å². The van der Waals surface area contributed by atoms with E-state index in [9.17, 15) is 0 Å². The second-order valence-electron chi connectivity index (χ2n) is 6.32. The van der Waals surface area contributed by atoms with Crippen molar-refractivity contribution in [1.82, 2.24) is 4.90 Å². The first-order chi connectivity index (χ1) is 11.1. The molecule has 1 saturated heterocycles. The number of rotatable bonds is 6. The molecule has 2 unspecified atom stereocenters. The molecule has 0 saturated carbocycles. The number of aliphatic imine (C=N–C) groups is 1. The van der Waals surface area contributed by atoms with Crippen LogP contribution in [-0.2, 0) is 11.2 Å². The average molecular weight is 318 g/mol. The number of guanidine groups is 1. The number of benzene rings is 1. The van der Waals surface area contributed by atoms with Gasteiger partial charge in [0.05, 0.1) is 12.2 Å². The van der Waals surface area contributed by atoms with Crippen LogP contribution in [0.3, 0.4) is 0 Å². The van der Waals surface area contributed by atoms with Gasteiger partial charge in [-0.1, -0.05) is 19.1 Å². The number of morpholine rings is 1. The normalized spacial score (nSPS) is 23.0. The summed E-state index contributed by atoms with van der Waals surface area (Å²) in [5, 5.41) is 3.16. The molecule has 1 aliphatic heterocycles. The third-order valence-electron chi connectivity index (χ3n) is 4.02. The SMILES string of the molecule is CCc1cccc(NC(N)=NCCCN2CC(C)OC(C)C2)c1. The predicted octanol–water partition coefficient (Wildman–Crippen LogP) is 2.47. The lowest BCUT2D eigenvalue weighted by Gasteiger charge is -2.35. The first-order valence-corrected chi connectivity index (χ1v) is 8.60. The number of aryl methyl sites for hydroxylation is 1. The van der Waals surface area contributed by atoms with Gasteiger partial charge in [0.1, 0.15) is 0 Å². The lowest BCUT2D eigenvalue weighted by atomic mass is 10.1. The molecule has 5 heteroatoms. The van der Waals surface area contributed by atoms with Crippen LogP contribution in [0, 0.1) is 0 Å². The van der Waals surface area contributed by atoms with Crippen molar-refractivity contribution < 1.29 is 4.74 Å². The molecule has 0 aliphatic carbocycles. The fourth-order valence-electron chi connectivity index (χ4n) is 3.02. The minimum absolute atomic E-state index is 0.319. The van der Waals surface area contributed by atoms with Gasteiger partial charge in [0.15, 0.2) is 5.96 Å². The molecule has 1 aromatic carbocycles. The van der Waals surface area contributed by atoms with Gasteiger partial charge in [-0.15, -0.1) is 0 Å². The van der Waals surface area contributed by atoms with Crippen LogP contribution in [0.1, 0.15) is 32.8 Å². The van der Waals surface area contributed by atoms with Crippen LogP contribution in [0.25, 0.3) is 0 Å². The molecule has 128 valence electrons. The molecule has 23 heavy (non-hydrogen) atoms. The number of nitrogens with two attached hydrogens (primary N) is 1. The zero-order valence-electron chi connectivity index (χ0n) is 14.6. The summed E-state index contributed by atoms with van der Waals surface area (Å²) in [6.07, 6.45) is 2.67. The smallest absolute Gasteiger partial charge is 0.193 e. The van der Waals surface area contributed by atoms with E-state index in [2.05, 4.69) is 48.1 Å². The molecular weight excluding hydrogens is 288 g/mol. The Bertz CT molecular complexity index is 507. The highest BCUT2D eigenvalue weighted by Gasteiger charge is 2.21. The van der Waals surface area contributed by atoms with Gasteiger partial charge in [-0.05, 0) is 44.4 Å². The van der Waals surface area contributed by atoms with Crippen LogP contribution in [0.2, 0.25) is 0 Å². The lowest BCUT2D eigenvalue weighted by Crippen LogP contribution is -2.45. The Morgan fingerprint density at radius 2 is 2.09 bits per heavy atom. The van der Waals surface area contributed by atoms with Crippen LogP contribution in [-0.4, -0.2) is 49.2 Å². The standard InChI is InChI=1S/C18H30N4O/c1-4-16-7-5-8-17(11-16)21-18(19)20-9-6-10-22-12-14(2)23-15(3)13-22/h5,7-8,11,14-15H,4,6,9-10,12-13H2,1-3H3,(H3,19,20,21). The molecule has 5 nitrogen and oxygen atoms in total. The minimum atomic E-state index is 0.319. The van der Waals surface area contributed by atoms with Gasteiger partial charge in [0.2, 0.25) is 0 Å². The number of anilines is 1. The maximum Gasteiger partial charge on any atom is 0.193 e. The topological polar surface area (TPSA) is 62.9 Å². The van der Waals surface area contributed by atoms with Crippen molar-refractivity contribution in [3.63, 3.8) is 0 Å². The number of ether oxygens (including phenoxy) is 1. The fraction of sp³-hybridized carbons (Fsp3) is 0.611. The summed E-state index contributed by atoms with van der Waals surface area (Å²) in [6.45, 7) is 10.2. The number of nitrogens with zero attached hydrogens (tertiary/aromatic N) is 2. The fourth-order valence-corrected chi connectivity index (χ4v) is 3.02. The van der Waals surface area contributed by atoms with Gasteiger partial charge in [0, 0.05) is 31.9 Å². The van der Waals surface area contributed by atoms with E-state index in [0.29, 0.717) is 18.2 Å². The molecule has 3 N–H and O–H groups in total. The highest BCUT2D eigenvalue weighted by molar-refractivity contribution is 5.92. The minimum Gasteiger partial charge on any atom is -0.373 e. The van der Waals surface area contributed by atoms with E-state index in [1.165, 1.54) is 5.56 Å². The molecule has 1 fully saturated rings. The van der Waals surface area contributed by atoms with E-state index in [1.54, 1.807) is 0 Å². The zero-order chi connectivity index (χ0) is 16.7. The Hall–Kier alpha value is -1.59. The van der Waals surface area contributed by atoms with Gasteiger partial charge >= 0.3 is 0 Å². The average Bonchev–Trinajstić information content (AvgIpc) is 2.51. The summed E-state index contributed by atoms with van der Waals surface area (Å²) in [5.41, 5.74) is 8.26. The maximum atomic E-state index is 5.97. The number of hydrogen-bond acceptors (Lipinski definition) is 3. The summed E-state index contributed by atoms with van der Waals surface area (Å²) in [7, 11) is 0. The van der Waals surface area contributed by atoms with Gasteiger partial charge in [-0.2, -0.15) is 0 Å². The molecule has 1 aliphatic rings. The molecule has 0 radical (unpaired) electrons. The maximum absolute atomic E-state index is 5.97. The highest BCUT2D eigenvalue weighted by Crippen LogP contribution is 2.11. The van der Waals surface area contributed by atoms with E-state index in [1.807, 2.05) is 12.1 Å². The second-order valence-corrected chi connectivity index (χ2v) is 6.32. The first kappa shape index (κ1) is 17.8. The largest absolute Gasteiger partial charge is 0.373 e. The second kappa shape index (κ2) is 8.89. The van der Waals surface area contributed by atoms with Crippen LogP contribution >= 0.6 is 0 Å². The van der Waals surface area contributed by atoms with Crippen LogP contribution in [0.15, 0.2) is 29.3 Å². The van der Waals surface area contributed by atoms with E-state index in [4.69, 9.17) is 10.5 Å². The van der Waals surface area contributed by atoms with E-state index in [0.717, 1.165) is 44.7 Å². The molecule has 2 atom stereocenters. The van der Waals surface area contributed by atoms with E-state index < -0.39 is 0 Å². The number of nitrogens with one attached hydrogen (secondary N) is 1. The molecular formula is C18H30N4O. The molecule has 0 aromatic heterocycles. The molecule has 1 heterocycles. The van der Waals surface area contributed by atoms with Crippen molar-refractivity contribution in [3.05, 3.63) is 29.8 Å². The highest BCUT2D eigenvalue weighted by atomic mass is 16.5. The van der Waals surface area contributed by atoms with Crippen LogP contribution < -0.4 is 11.1 Å². The predicted molar refractivity (Wildman–Crippen MR) is 97.0 cm³/mol. The van der Waals surface area contributed by atoms with Gasteiger partial charge in [-0.25, -0.2) is 0 Å². The molecule has 2 rings (SSSR count). The molecule has 0 amide bonds. The first-order valence-electron chi connectivity index (χ1n) is 8.60. The Balaban J connectivity index is 1.72. The van der Waals surface area contributed by atoms with Crippen LogP contribution in [0.4, 0.5) is 5.69 Å². The summed E-state index contributed by atoms with van der Waals surface area (Å²) in [5.74, 6) is 0.488. The lowest BCUT2D eigenvalue weighted by molar-refractivity contribution is -0.0679. The third-order valence-corrected chi connectivity index (χ3v) is 4.02. The van der Waals surface area contributed by atoms with Crippen molar-refractivity contribution in [2.75, 3.05) is 31.5 Å². The van der Waals surface area contributed by atoms with Crippen molar-refractivity contribution >= 4 is 11.6 Å².